The van der Waals surface area contributed by atoms with Gasteiger partial charge in [-0.15, -0.1) is 0 Å². The Morgan fingerprint density at radius 3 is 2.58 bits per heavy atom. The largest absolute Gasteiger partial charge is 0.326 e. The summed E-state index contributed by atoms with van der Waals surface area (Å²) in [6.45, 7) is 3.83. The molecule has 0 atom stereocenters. The molecule has 0 radical (unpaired) electrons. The van der Waals surface area contributed by atoms with E-state index in [2.05, 4.69) is 10.4 Å². The second kappa shape index (κ2) is 6.66. The smallest absolute Gasteiger partial charge is 0.228 e. The maximum atomic E-state index is 13.2. The van der Waals surface area contributed by atoms with E-state index in [-0.39, 0.29) is 18.1 Å². The molecule has 0 saturated carbocycles. The number of hydrogen-bond acceptors (Lipinski definition) is 2. The Hall–Kier alpha value is -2.95. The number of rotatable bonds is 4. The first kappa shape index (κ1) is 15.9. The number of carbonyl (C=O) groups excluding carboxylic acids is 1. The van der Waals surface area contributed by atoms with Gasteiger partial charge in [0.1, 0.15) is 5.82 Å². The van der Waals surface area contributed by atoms with Crippen molar-refractivity contribution in [2.75, 3.05) is 5.32 Å². The van der Waals surface area contributed by atoms with Crippen LogP contribution < -0.4 is 5.32 Å². The summed E-state index contributed by atoms with van der Waals surface area (Å²) in [7, 11) is 0. The van der Waals surface area contributed by atoms with Gasteiger partial charge in [0.2, 0.25) is 5.91 Å². The molecule has 0 fully saturated rings. The average Bonchev–Trinajstić information content (AvgIpc) is 2.84. The Labute approximate surface area is 139 Å². The summed E-state index contributed by atoms with van der Waals surface area (Å²) >= 11 is 0. The molecule has 0 bridgehead atoms. The first-order chi connectivity index (χ1) is 11.5. The molecule has 0 spiro atoms. The molecule has 0 unspecified atom stereocenters. The van der Waals surface area contributed by atoms with Gasteiger partial charge in [-0.1, -0.05) is 24.3 Å². The number of benzene rings is 2. The van der Waals surface area contributed by atoms with Gasteiger partial charge in [0.15, 0.2) is 0 Å². The average molecular weight is 323 g/mol. The zero-order chi connectivity index (χ0) is 17.1. The van der Waals surface area contributed by atoms with Gasteiger partial charge in [-0.25, -0.2) is 9.07 Å². The summed E-state index contributed by atoms with van der Waals surface area (Å²) in [5.41, 5.74) is 4.02. The van der Waals surface area contributed by atoms with E-state index >= 15 is 0 Å². The van der Waals surface area contributed by atoms with Gasteiger partial charge in [-0.2, -0.15) is 5.10 Å². The highest BCUT2D eigenvalue weighted by Gasteiger charge is 2.16. The van der Waals surface area contributed by atoms with Crippen LogP contribution in [0.15, 0.2) is 54.6 Å². The Kier molecular flexibility index (Phi) is 4.42. The molecule has 0 aliphatic rings. The molecule has 2 aromatic carbocycles. The normalized spacial score (nSPS) is 10.6. The van der Waals surface area contributed by atoms with E-state index in [0.717, 1.165) is 22.6 Å². The number of nitrogens with zero attached hydrogens (tertiary/aromatic N) is 2. The first-order valence-electron chi connectivity index (χ1n) is 7.70. The zero-order valence-electron chi connectivity index (χ0n) is 13.6. The van der Waals surface area contributed by atoms with Crippen LogP contribution in [-0.2, 0) is 11.2 Å². The lowest BCUT2D eigenvalue weighted by Crippen LogP contribution is -2.15. The van der Waals surface area contributed by atoms with E-state index in [0.29, 0.717) is 5.69 Å². The van der Waals surface area contributed by atoms with Gasteiger partial charge < -0.3 is 5.32 Å². The third-order valence-corrected chi connectivity index (χ3v) is 3.89. The van der Waals surface area contributed by atoms with Crippen LogP contribution in [0.2, 0.25) is 0 Å². The molecule has 1 N–H and O–H groups in total. The number of carbonyl (C=O) groups is 1. The third-order valence-electron chi connectivity index (χ3n) is 3.89. The van der Waals surface area contributed by atoms with Crippen molar-refractivity contribution in [3.05, 3.63) is 77.4 Å². The fourth-order valence-corrected chi connectivity index (χ4v) is 2.68. The standard InChI is InChI=1S/C19H18FN3O/c1-13-18(12-19(24)21-16-8-6-7-15(20)11-16)14(2)23(22-13)17-9-4-3-5-10-17/h3-11H,12H2,1-2H3,(H,21,24). The highest BCUT2D eigenvalue weighted by atomic mass is 19.1. The van der Waals surface area contributed by atoms with Gasteiger partial charge >= 0.3 is 0 Å². The topological polar surface area (TPSA) is 46.9 Å². The molecule has 1 amide bonds. The van der Waals surface area contributed by atoms with Crippen LogP contribution in [0.4, 0.5) is 10.1 Å². The molecule has 1 aromatic heterocycles. The monoisotopic (exact) mass is 323 g/mol. The lowest BCUT2D eigenvalue weighted by atomic mass is 10.1. The Morgan fingerprint density at radius 1 is 1.12 bits per heavy atom. The van der Waals surface area contributed by atoms with Crippen molar-refractivity contribution in [3.63, 3.8) is 0 Å². The van der Waals surface area contributed by atoms with Gasteiger partial charge in [-0.3, -0.25) is 4.79 Å². The predicted molar refractivity (Wildman–Crippen MR) is 91.8 cm³/mol. The molecule has 1 heterocycles. The van der Waals surface area contributed by atoms with Crippen molar-refractivity contribution in [2.24, 2.45) is 0 Å². The number of aryl methyl sites for hydroxylation is 1. The van der Waals surface area contributed by atoms with Gasteiger partial charge in [-0.05, 0) is 44.2 Å². The molecule has 3 rings (SSSR count). The van der Waals surface area contributed by atoms with Gasteiger partial charge in [0.25, 0.3) is 0 Å². The molecule has 0 saturated heterocycles. The summed E-state index contributed by atoms with van der Waals surface area (Å²) in [4.78, 5) is 12.3. The third kappa shape index (κ3) is 3.35. The minimum atomic E-state index is -0.378. The van der Waals surface area contributed by atoms with Crippen molar-refractivity contribution in [1.82, 2.24) is 9.78 Å². The van der Waals surface area contributed by atoms with Gasteiger partial charge in [0.05, 0.1) is 17.8 Å². The second-order valence-electron chi connectivity index (χ2n) is 5.63. The van der Waals surface area contributed by atoms with E-state index in [1.807, 2.05) is 48.9 Å². The maximum Gasteiger partial charge on any atom is 0.228 e. The fraction of sp³-hybridized carbons (Fsp3) is 0.158. The van der Waals surface area contributed by atoms with Gasteiger partial charge in [0, 0.05) is 16.9 Å². The molecule has 122 valence electrons. The second-order valence-corrected chi connectivity index (χ2v) is 5.63. The summed E-state index contributed by atoms with van der Waals surface area (Å²) in [5.74, 6) is -0.573. The molecule has 5 heteroatoms. The Bertz CT molecular complexity index is 872. The Balaban J connectivity index is 1.80. The highest BCUT2D eigenvalue weighted by Crippen LogP contribution is 2.19. The summed E-state index contributed by atoms with van der Waals surface area (Å²) in [5, 5.41) is 7.25. The molecule has 0 aliphatic carbocycles. The maximum absolute atomic E-state index is 13.2. The van der Waals surface area contributed by atoms with Crippen LogP contribution in [0.25, 0.3) is 5.69 Å². The number of aromatic nitrogens is 2. The molecular weight excluding hydrogens is 305 g/mol. The summed E-state index contributed by atoms with van der Waals surface area (Å²) in [6, 6.07) is 15.6. The number of hydrogen-bond donors (Lipinski definition) is 1. The minimum absolute atomic E-state index is 0.195. The van der Waals surface area contributed by atoms with E-state index < -0.39 is 0 Å². The van der Waals surface area contributed by atoms with Crippen molar-refractivity contribution >= 4 is 11.6 Å². The molecule has 24 heavy (non-hydrogen) atoms. The SMILES string of the molecule is Cc1nn(-c2ccccc2)c(C)c1CC(=O)Nc1cccc(F)c1. The van der Waals surface area contributed by atoms with E-state index in [4.69, 9.17) is 0 Å². The van der Waals surface area contributed by atoms with Crippen LogP contribution in [0, 0.1) is 19.7 Å². The fourth-order valence-electron chi connectivity index (χ4n) is 2.68. The quantitative estimate of drug-likeness (QED) is 0.793. The zero-order valence-corrected chi connectivity index (χ0v) is 13.6. The number of para-hydroxylation sites is 1. The van der Waals surface area contributed by atoms with E-state index in [9.17, 15) is 9.18 Å². The van der Waals surface area contributed by atoms with E-state index in [1.54, 1.807) is 12.1 Å². The Morgan fingerprint density at radius 2 is 1.88 bits per heavy atom. The van der Waals surface area contributed by atoms with E-state index in [1.165, 1.54) is 12.1 Å². The number of anilines is 1. The van der Waals surface area contributed by atoms with Crippen molar-refractivity contribution < 1.29 is 9.18 Å². The van der Waals surface area contributed by atoms with Crippen molar-refractivity contribution in [3.8, 4) is 5.69 Å². The highest BCUT2D eigenvalue weighted by molar-refractivity contribution is 5.92. The minimum Gasteiger partial charge on any atom is -0.326 e. The molecule has 3 aromatic rings. The predicted octanol–water partition coefficient (Wildman–Crippen LogP) is 3.81. The number of halogens is 1. The molecule has 0 aliphatic heterocycles. The number of nitrogens with one attached hydrogen (secondary N) is 1. The lowest BCUT2D eigenvalue weighted by molar-refractivity contribution is -0.115. The number of amides is 1. The van der Waals surface area contributed by atoms with Crippen LogP contribution >= 0.6 is 0 Å². The molecule has 4 nitrogen and oxygen atoms in total. The summed E-state index contributed by atoms with van der Waals surface area (Å²) < 4.78 is 15.0. The van der Waals surface area contributed by atoms with Crippen molar-refractivity contribution in [2.45, 2.75) is 20.3 Å². The van der Waals surface area contributed by atoms with Crippen LogP contribution in [0.1, 0.15) is 17.0 Å². The van der Waals surface area contributed by atoms with Crippen LogP contribution in [-0.4, -0.2) is 15.7 Å². The van der Waals surface area contributed by atoms with Crippen LogP contribution in [0.3, 0.4) is 0 Å². The lowest BCUT2D eigenvalue weighted by Gasteiger charge is -2.07. The van der Waals surface area contributed by atoms with Crippen LogP contribution in [0.5, 0.6) is 0 Å². The van der Waals surface area contributed by atoms with Crippen molar-refractivity contribution in [1.29, 1.82) is 0 Å². The molecular formula is C19H18FN3O. The summed E-state index contributed by atoms with van der Waals surface area (Å²) in [6.07, 6.45) is 0.195. The first-order valence-corrected chi connectivity index (χ1v) is 7.70.